The van der Waals surface area contributed by atoms with Gasteiger partial charge >= 0.3 is 0 Å². The number of nitrogens with one attached hydrogen (secondary N) is 1. The number of amides is 2. The van der Waals surface area contributed by atoms with Crippen LogP contribution in [0.4, 0.5) is 4.39 Å². The number of likely N-dealkylation sites (tertiary alicyclic amines) is 1. The Bertz CT molecular complexity index is 749. The molecule has 4 nitrogen and oxygen atoms in total. The Hall–Kier alpha value is -1.91. The molecule has 0 radical (unpaired) electrons. The Labute approximate surface area is 165 Å². The third kappa shape index (κ3) is 3.23. The molecule has 0 unspecified atom stereocenters. The first-order chi connectivity index (χ1) is 13.5. The fraction of sp³-hybridized carbons (Fsp3) is 0.652. The van der Waals surface area contributed by atoms with Crippen LogP contribution in [-0.4, -0.2) is 35.8 Å². The zero-order valence-corrected chi connectivity index (χ0v) is 16.3. The predicted octanol–water partition coefficient (Wildman–Crippen LogP) is 3.76. The second kappa shape index (κ2) is 6.85. The molecule has 0 spiro atoms. The van der Waals surface area contributed by atoms with Crippen molar-refractivity contribution in [2.45, 2.75) is 57.4 Å². The van der Waals surface area contributed by atoms with E-state index in [0.29, 0.717) is 24.6 Å². The highest BCUT2D eigenvalue weighted by atomic mass is 19.1. The van der Waals surface area contributed by atoms with Gasteiger partial charge in [0.25, 0.3) is 5.91 Å². The van der Waals surface area contributed by atoms with Crippen molar-refractivity contribution in [3.8, 4) is 0 Å². The summed E-state index contributed by atoms with van der Waals surface area (Å²) in [6.45, 7) is 1.43. The first kappa shape index (κ1) is 18.1. The van der Waals surface area contributed by atoms with Crippen LogP contribution in [0.5, 0.6) is 0 Å². The SMILES string of the molecule is O=C(NC1CCN(C(=O)C23CC4CC(CC(C4)C2)C3)CC1)c1cccc(F)c1. The molecule has 28 heavy (non-hydrogen) atoms. The van der Waals surface area contributed by atoms with E-state index in [0.717, 1.165) is 49.9 Å². The number of halogens is 1. The number of rotatable bonds is 3. The Balaban J connectivity index is 1.18. The highest BCUT2D eigenvalue weighted by Gasteiger charge is 2.55. The van der Waals surface area contributed by atoms with Crippen molar-refractivity contribution in [2.75, 3.05) is 13.1 Å². The van der Waals surface area contributed by atoms with Crippen LogP contribution < -0.4 is 5.32 Å². The lowest BCUT2D eigenvalue weighted by Crippen LogP contribution is -2.56. The standard InChI is InChI=1S/C23H29FN2O2/c24-19-3-1-2-18(11-19)21(27)25-20-4-6-26(7-5-20)22(28)23-12-15-8-16(13-23)10-17(9-15)14-23/h1-3,11,15-17,20H,4-10,12-14H2,(H,25,27). The summed E-state index contributed by atoms with van der Waals surface area (Å²) in [5.41, 5.74) is 0.277. The summed E-state index contributed by atoms with van der Waals surface area (Å²) in [5.74, 6) is 2.09. The van der Waals surface area contributed by atoms with Crippen LogP contribution in [0.15, 0.2) is 24.3 Å². The Morgan fingerprint density at radius 1 is 1.00 bits per heavy atom. The topological polar surface area (TPSA) is 49.4 Å². The second-order valence-corrected chi connectivity index (χ2v) is 9.75. The van der Waals surface area contributed by atoms with Crippen molar-refractivity contribution in [1.82, 2.24) is 10.2 Å². The molecule has 1 aromatic carbocycles. The molecule has 1 aromatic rings. The van der Waals surface area contributed by atoms with E-state index < -0.39 is 5.82 Å². The van der Waals surface area contributed by atoms with Gasteiger partial charge in [-0.05, 0) is 87.3 Å². The fourth-order valence-electron chi connectivity index (χ4n) is 6.83. The van der Waals surface area contributed by atoms with Crippen molar-refractivity contribution in [2.24, 2.45) is 23.2 Å². The molecule has 0 atom stereocenters. The number of nitrogens with zero attached hydrogens (tertiary/aromatic N) is 1. The minimum atomic E-state index is -0.399. The maximum atomic E-state index is 13.4. The molecular formula is C23H29FN2O2. The smallest absolute Gasteiger partial charge is 0.251 e. The van der Waals surface area contributed by atoms with E-state index in [1.165, 1.54) is 31.4 Å². The normalized spacial score (nSPS) is 34.5. The Morgan fingerprint density at radius 3 is 2.18 bits per heavy atom. The van der Waals surface area contributed by atoms with Gasteiger partial charge in [0.1, 0.15) is 5.82 Å². The molecular weight excluding hydrogens is 355 g/mol. The average molecular weight is 384 g/mol. The largest absolute Gasteiger partial charge is 0.349 e. The number of hydrogen-bond donors (Lipinski definition) is 1. The summed E-state index contributed by atoms with van der Waals surface area (Å²) >= 11 is 0. The number of carbonyl (C=O) groups excluding carboxylic acids is 2. The molecule has 2 amide bonds. The summed E-state index contributed by atoms with van der Waals surface area (Å²) in [4.78, 5) is 27.9. The zero-order chi connectivity index (χ0) is 19.3. The van der Waals surface area contributed by atoms with Crippen LogP contribution in [0.1, 0.15) is 61.7 Å². The van der Waals surface area contributed by atoms with Crippen LogP contribution >= 0.6 is 0 Å². The average Bonchev–Trinajstić information content (AvgIpc) is 2.67. The molecule has 4 bridgehead atoms. The van der Waals surface area contributed by atoms with E-state index in [1.54, 1.807) is 12.1 Å². The molecule has 1 heterocycles. The molecule has 1 N–H and O–H groups in total. The van der Waals surface area contributed by atoms with Crippen LogP contribution in [-0.2, 0) is 4.79 Å². The van der Waals surface area contributed by atoms with E-state index in [-0.39, 0.29) is 17.4 Å². The molecule has 150 valence electrons. The Kier molecular flexibility index (Phi) is 4.44. The van der Waals surface area contributed by atoms with Gasteiger partial charge in [-0.1, -0.05) is 6.07 Å². The lowest BCUT2D eigenvalue weighted by Gasteiger charge is -2.57. The predicted molar refractivity (Wildman–Crippen MR) is 104 cm³/mol. The van der Waals surface area contributed by atoms with E-state index in [9.17, 15) is 14.0 Å². The van der Waals surface area contributed by atoms with Gasteiger partial charge in [0.2, 0.25) is 5.91 Å². The van der Waals surface area contributed by atoms with Gasteiger partial charge in [-0.2, -0.15) is 0 Å². The molecule has 6 rings (SSSR count). The van der Waals surface area contributed by atoms with Gasteiger partial charge in [0.05, 0.1) is 5.41 Å². The lowest BCUT2D eigenvalue weighted by atomic mass is 9.49. The number of carbonyl (C=O) groups is 2. The monoisotopic (exact) mass is 384 g/mol. The maximum Gasteiger partial charge on any atom is 0.251 e. The Morgan fingerprint density at radius 2 is 1.61 bits per heavy atom. The van der Waals surface area contributed by atoms with E-state index in [1.807, 2.05) is 0 Å². The zero-order valence-electron chi connectivity index (χ0n) is 16.3. The molecule has 5 aliphatic rings. The molecule has 4 aliphatic carbocycles. The van der Waals surface area contributed by atoms with Gasteiger partial charge in [-0.3, -0.25) is 9.59 Å². The maximum absolute atomic E-state index is 13.4. The van der Waals surface area contributed by atoms with Gasteiger partial charge in [-0.25, -0.2) is 4.39 Å². The minimum absolute atomic E-state index is 0.0520. The second-order valence-electron chi connectivity index (χ2n) is 9.75. The number of benzene rings is 1. The first-order valence-electron chi connectivity index (χ1n) is 10.9. The quantitative estimate of drug-likeness (QED) is 0.863. The molecule has 0 aromatic heterocycles. The molecule has 1 saturated heterocycles. The van der Waals surface area contributed by atoms with E-state index in [2.05, 4.69) is 10.2 Å². The molecule has 5 fully saturated rings. The first-order valence-corrected chi connectivity index (χ1v) is 10.9. The minimum Gasteiger partial charge on any atom is -0.349 e. The molecule has 5 heteroatoms. The van der Waals surface area contributed by atoms with Crippen molar-refractivity contribution in [3.63, 3.8) is 0 Å². The summed E-state index contributed by atoms with van der Waals surface area (Å²) < 4.78 is 13.3. The third-order valence-electron chi connectivity index (χ3n) is 7.70. The van der Waals surface area contributed by atoms with E-state index >= 15 is 0 Å². The van der Waals surface area contributed by atoms with E-state index in [4.69, 9.17) is 0 Å². The third-order valence-corrected chi connectivity index (χ3v) is 7.70. The molecule has 1 aliphatic heterocycles. The van der Waals surface area contributed by atoms with Crippen LogP contribution in [0.2, 0.25) is 0 Å². The van der Waals surface area contributed by atoms with Crippen molar-refractivity contribution >= 4 is 11.8 Å². The molecule has 4 saturated carbocycles. The van der Waals surface area contributed by atoms with Crippen molar-refractivity contribution < 1.29 is 14.0 Å². The van der Waals surface area contributed by atoms with Crippen LogP contribution in [0, 0.1) is 29.0 Å². The summed E-state index contributed by atoms with van der Waals surface area (Å²) in [7, 11) is 0. The van der Waals surface area contributed by atoms with Crippen LogP contribution in [0.3, 0.4) is 0 Å². The van der Waals surface area contributed by atoms with Crippen molar-refractivity contribution in [1.29, 1.82) is 0 Å². The summed E-state index contributed by atoms with van der Waals surface area (Å²) in [6, 6.07) is 5.84. The highest BCUT2D eigenvalue weighted by Crippen LogP contribution is 2.60. The van der Waals surface area contributed by atoms with Crippen molar-refractivity contribution in [3.05, 3.63) is 35.6 Å². The van der Waals surface area contributed by atoms with Gasteiger partial charge < -0.3 is 10.2 Å². The summed E-state index contributed by atoms with van der Waals surface area (Å²) in [5, 5.41) is 3.01. The van der Waals surface area contributed by atoms with Gasteiger partial charge in [0, 0.05) is 24.7 Å². The summed E-state index contributed by atoms with van der Waals surface area (Å²) in [6.07, 6.45) is 8.91. The van der Waals surface area contributed by atoms with Gasteiger partial charge in [0.15, 0.2) is 0 Å². The fourth-order valence-corrected chi connectivity index (χ4v) is 6.83. The number of piperidine rings is 1. The number of hydrogen-bond acceptors (Lipinski definition) is 2. The lowest BCUT2D eigenvalue weighted by molar-refractivity contribution is -0.158. The highest BCUT2D eigenvalue weighted by molar-refractivity contribution is 5.94. The van der Waals surface area contributed by atoms with Crippen LogP contribution in [0.25, 0.3) is 0 Å². The van der Waals surface area contributed by atoms with Gasteiger partial charge in [-0.15, -0.1) is 0 Å².